The molecule has 0 aliphatic heterocycles. The molecule has 0 fully saturated rings. The maximum Gasteiger partial charge on any atom is 0.278 e. The second-order valence-corrected chi connectivity index (χ2v) is 3.54. The van der Waals surface area contributed by atoms with E-state index in [2.05, 4.69) is 5.10 Å². The molecular formula is C10H16F2N2O. The van der Waals surface area contributed by atoms with Gasteiger partial charge in [0.2, 0.25) is 0 Å². The lowest BCUT2D eigenvalue weighted by Crippen LogP contribution is -2.17. The van der Waals surface area contributed by atoms with Crippen molar-refractivity contribution in [1.82, 2.24) is 9.78 Å². The first-order valence-electron chi connectivity index (χ1n) is 4.97. The molecule has 0 aromatic carbocycles. The van der Waals surface area contributed by atoms with E-state index in [0.29, 0.717) is 17.9 Å². The summed E-state index contributed by atoms with van der Waals surface area (Å²) in [4.78, 5) is 0. The van der Waals surface area contributed by atoms with E-state index in [4.69, 9.17) is 5.11 Å². The number of hydrogen-bond donors (Lipinski definition) is 1. The molecule has 0 saturated carbocycles. The molecule has 0 bridgehead atoms. The van der Waals surface area contributed by atoms with E-state index in [-0.39, 0.29) is 5.56 Å². The van der Waals surface area contributed by atoms with Gasteiger partial charge in [0, 0.05) is 25.3 Å². The van der Waals surface area contributed by atoms with Gasteiger partial charge in [-0.05, 0) is 20.8 Å². The molecule has 1 rings (SSSR count). The van der Waals surface area contributed by atoms with Crippen LogP contribution in [0, 0.1) is 13.8 Å². The third-order valence-electron chi connectivity index (χ3n) is 2.47. The lowest BCUT2D eigenvalue weighted by molar-refractivity contribution is -0.0281. The van der Waals surface area contributed by atoms with Gasteiger partial charge in [-0.3, -0.25) is 4.68 Å². The summed E-state index contributed by atoms with van der Waals surface area (Å²) in [6, 6.07) is 0. The fraction of sp³-hybridized carbons (Fsp3) is 0.700. The highest BCUT2D eigenvalue weighted by molar-refractivity contribution is 5.29. The predicted molar refractivity (Wildman–Crippen MR) is 53.0 cm³/mol. The average molecular weight is 218 g/mol. The Labute approximate surface area is 87.7 Å². The molecule has 0 spiro atoms. The number of aliphatic hydroxyl groups excluding tert-OH is 1. The highest BCUT2D eigenvalue weighted by atomic mass is 19.3. The van der Waals surface area contributed by atoms with Gasteiger partial charge in [-0.1, -0.05) is 0 Å². The Morgan fingerprint density at radius 2 is 2.00 bits per heavy atom. The van der Waals surface area contributed by atoms with E-state index < -0.39 is 19.0 Å². The van der Waals surface area contributed by atoms with Crippen molar-refractivity contribution >= 4 is 0 Å². The molecule has 0 unspecified atom stereocenters. The van der Waals surface area contributed by atoms with Gasteiger partial charge in [0.1, 0.15) is 0 Å². The number of hydrogen-bond acceptors (Lipinski definition) is 2. The summed E-state index contributed by atoms with van der Waals surface area (Å²) in [6.07, 6.45) is -0.552. The van der Waals surface area contributed by atoms with Gasteiger partial charge < -0.3 is 5.11 Å². The number of aromatic nitrogens is 2. The summed E-state index contributed by atoms with van der Waals surface area (Å²) in [6.45, 7) is 5.10. The molecule has 0 aliphatic rings. The SMILES string of the molecule is CCn1nc(C)c(C(F)(F)CCO)c1C. The molecule has 0 atom stereocenters. The van der Waals surface area contributed by atoms with Gasteiger partial charge in [0.15, 0.2) is 0 Å². The second-order valence-electron chi connectivity index (χ2n) is 3.54. The molecule has 0 amide bonds. The van der Waals surface area contributed by atoms with Crippen molar-refractivity contribution in [3.63, 3.8) is 0 Å². The van der Waals surface area contributed by atoms with Crippen LogP contribution in [0.1, 0.15) is 30.3 Å². The fourth-order valence-corrected chi connectivity index (χ4v) is 1.80. The normalized spacial score (nSPS) is 12.1. The lowest BCUT2D eigenvalue weighted by atomic mass is 10.0. The summed E-state index contributed by atoms with van der Waals surface area (Å²) in [5.74, 6) is -2.99. The van der Waals surface area contributed by atoms with Gasteiger partial charge >= 0.3 is 0 Å². The molecule has 5 heteroatoms. The number of nitrogens with zero attached hydrogens (tertiary/aromatic N) is 2. The molecule has 15 heavy (non-hydrogen) atoms. The smallest absolute Gasteiger partial charge is 0.278 e. The van der Waals surface area contributed by atoms with Crippen molar-refractivity contribution in [1.29, 1.82) is 0 Å². The second kappa shape index (κ2) is 4.26. The van der Waals surface area contributed by atoms with Crippen molar-refractivity contribution < 1.29 is 13.9 Å². The van der Waals surface area contributed by atoms with Crippen molar-refractivity contribution in [2.45, 2.75) is 39.7 Å². The summed E-state index contributed by atoms with van der Waals surface area (Å²) in [7, 11) is 0. The van der Waals surface area contributed by atoms with E-state index in [1.165, 1.54) is 0 Å². The molecular weight excluding hydrogens is 202 g/mol. The molecule has 1 aromatic rings. The van der Waals surface area contributed by atoms with Gasteiger partial charge in [-0.15, -0.1) is 0 Å². The zero-order chi connectivity index (χ0) is 11.6. The minimum atomic E-state index is -2.99. The minimum Gasteiger partial charge on any atom is -0.396 e. The van der Waals surface area contributed by atoms with Crippen LogP contribution in [0.2, 0.25) is 0 Å². The summed E-state index contributed by atoms with van der Waals surface area (Å²) >= 11 is 0. The number of aliphatic hydroxyl groups is 1. The van der Waals surface area contributed by atoms with Gasteiger partial charge in [-0.25, -0.2) is 8.78 Å². The molecule has 1 heterocycles. The van der Waals surface area contributed by atoms with Gasteiger partial charge in [0.05, 0.1) is 11.3 Å². The molecule has 1 aromatic heterocycles. The van der Waals surface area contributed by atoms with Crippen LogP contribution in [-0.2, 0) is 12.5 Å². The van der Waals surface area contributed by atoms with Crippen molar-refractivity contribution in [3.8, 4) is 0 Å². The van der Waals surface area contributed by atoms with E-state index >= 15 is 0 Å². The minimum absolute atomic E-state index is 0.0431. The summed E-state index contributed by atoms with van der Waals surface area (Å²) < 4.78 is 28.8. The summed E-state index contributed by atoms with van der Waals surface area (Å²) in [5, 5.41) is 12.6. The van der Waals surface area contributed by atoms with Crippen LogP contribution < -0.4 is 0 Å². The monoisotopic (exact) mass is 218 g/mol. The maximum absolute atomic E-state index is 13.6. The van der Waals surface area contributed by atoms with E-state index in [1.807, 2.05) is 6.92 Å². The fourth-order valence-electron chi connectivity index (χ4n) is 1.80. The summed E-state index contributed by atoms with van der Waals surface area (Å²) in [5.41, 5.74) is 0.777. The predicted octanol–water partition coefficient (Wildman–Crippen LogP) is 1.99. The van der Waals surface area contributed by atoms with Crippen molar-refractivity contribution in [2.75, 3.05) is 6.61 Å². The molecule has 0 radical (unpaired) electrons. The Balaban J connectivity index is 3.18. The average Bonchev–Trinajstić information content (AvgIpc) is 2.41. The molecule has 1 N–H and O–H groups in total. The zero-order valence-electron chi connectivity index (χ0n) is 9.22. The number of alkyl halides is 2. The van der Waals surface area contributed by atoms with Crippen LogP contribution in [0.4, 0.5) is 8.78 Å². The number of aryl methyl sites for hydroxylation is 2. The Bertz CT molecular complexity index is 347. The first kappa shape index (κ1) is 12.1. The van der Waals surface area contributed by atoms with Crippen molar-refractivity contribution in [2.24, 2.45) is 0 Å². The van der Waals surface area contributed by atoms with E-state index in [9.17, 15) is 8.78 Å². The van der Waals surface area contributed by atoms with Crippen LogP contribution in [0.3, 0.4) is 0 Å². The Morgan fingerprint density at radius 1 is 1.40 bits per heavy atom. The largest absolute Gasteiger partial charge is 0.396 e. The quantitative estimate of drug-likeness (QED) is 0.839. The Morgan fingerprint density at radius 3 is 2.40 bits per heavy atom. The van der Waals surface area contributed by atoms with E-state index in [0.717, 1.165) is 0 Å². The van der Waals surface area contributed by atoms with Crippen LogP contribution >= 0.6 is 0 Å². The van der Waals surface area contributed by atoms with Gasteiger partial charge in [-0.2, -0.15) is 5.10 Å². The first-order valence-corrected chi connectivity index (χ1v) is 4.97. The van der Waals surface area contributed by atoms with Crippen LogP contribution in [0.25, 0.3) is 0 Å². The van der Waals surface area contributed by atoms with Crippen molar-refractivity contribution in [3.05, 3.63) is 17.0 Å². The lowest BCUT2D eigenvalue weighted by Gasteiger charge is -2.15. The topological polar surface area (TPSA) is 38.0 Å². The molecule has 0 saturated heterocycles. The molecule has 86 valence electrons. The maximum atomic E-state index is 13.6. The molecule has 3 nitrogen and oxygen atoms in total. The standard InChI is InChI=1S/C10H16F2N2O/c1-4-14-8(3)9(7(2)13-14)10(11,12)5-6-15/h15H,4-6H2,1-3H3. The highest BCUT2D eigenvalue weighted by Crippen LogP contribution is 2.35. The Hall–Kier alpha value is -0.970. The first-order chi connectivity index (χ1) is 6.94. The third kappa shape index (κ3) is 2.17. The highest BCUT2D eigenvalue weighted by Gasteiger charge is 2.36. The van der Waals surface area contributed by atoms with E-state index in [1.54, 1.807) is 18.5 Å². The number of rotatable bonds is 4. The van der Waals surface area contributed by atoms with Crippen LogP contribution in [0.15, 0.2) is 0 Å². The molecule has 0 aliphatic carbocycles. The van der Waals surface area contributed by atoms with Gasteiger partial charge in [0.25, 0.3) is 5.92 Å². The zero-order valence-corrected chi connectivity index (χ0v) is 9.22. The third-order valence-corrected chi connectivity index (χ3v) is 2.47. The van der Waals surface area contributed by atoms with Crippen LogP contribution in [-0.4, -0.2) is 21.5 Å². The Kier molecular flexibility index (Phi) is 3.44. The number of halogens is 2. The van der Waals surface area contributed by atoms with Crippen LogP contribution in [0.5, 0.6) is 0 Å².